The molecule has 0 fully saturated rings. The van der Waals surface area contributed by atoms with Crippen molar-refractivity contribution < 1.29 is 16.8 Å². The molecule has 8 heteroatoms. The van der Waals surface area contributed by atoms with Crippen LogP contribution in [0, 0.1) is 0 Å². The molecule has 0 aliphatic heterocycles. The van der Waals surface area contributed by atoms with Crippen LogP contribution in [0.5, 0.6) is 0 Å². The molecule has 0 saturated heterocycles. The van der Waals surface area contributed by atoms with Gasteiger partial charge < -0.3 is 5.73 Å². The molecule has 1 rings (SSSR count). The van der Waals surface area contributed by atoms with Gasteiger partial charge >= 0.3 is 0 Å². The van der Waals surface area contributed by atoms with Gasteiger partial charge in [0, 0.05) is 10.7 Å². The summed E-state index contributed by atoms with van der Waals surface area (Å²) in [5.74, 6) is -0.380. The van der Waals surface area contributed by atoms with E-state index in [0.717, 1.165) is 6.26 Å². The fourth-order valence-corrected chi connectivity index (χ4v) is 4.09. The number of hydrogen-bond acceptors (Lipinski definition) is 5. The Balaban J connectivity index is 2.87. The lowest BCUT2D eigenvalue weighted by Gasteiger charge is -2.07. The molecule has 0 aliphatic carbocycles. The van der Waals surface area contributed by atoms with Crippen LogP contribution in [0.15, 0.2) is 27.6 Å². The molecule has 0 aromatic heterocycles. The Bertz CT molecular complexity index is 638. The van der Waals surface area contributed by atoms with E-state index in [-0.39, 0.29) is 28.5 Å². The second-order valence-corrected chi connectivity index (χ2v) is 9.24. The fourth-order valence-electron chi connectivity index (χ4n) is 1.42. The van der Waals surface area contributed by atoms with Crippen molar-refractivity contribution in [1.29, 1.82) is 0 Å². The summed E-state index contributed by atoms with van der Waals surface area (Å²) in [6.45, 7) is 0. The predicted octanol–water partition coefficient (Wildman–Crippen LogP) is 1.24. The van der Waals surface area contributed by atoms with Gasteiger partial charge in [-0.25, -0.2) is 16.8 Å². The summed E-state index contributed by atoms with van der Waals surface area (Å²) in [5, 5.41) is 0. The van der Waals surface area contributed by atoms with Crippen LogP contribution < -0.4 is 5.73 Å². The lowest BCUT2D eigenvalue weighted by atomic mass is 10.3. The number of halogens is 1. The van der Waals surface area contributed by atoms with Crippen LogP contribution >= 0.6 is 15.9 Å². The van der Waals surface area contributed by atoms with Crippen LogP contribution in [0.25, 0.3) is 0 Å². The van der Waals surface area contributed by atoms with Crippen molar-refractivity contribution in [2.75, 3.05) is 23.5 Å². The van der Waals surface area contributed by atoms with E-state index in [1.807, 2.05) is 0 Å². The molecule has 2 N–H and O–H groups in total. The monoisotopic (exact) mass is 355 g/mol. The normalized spacial score (nSPS) is 12.6. The largest absolute Gasteiger partial charge is 0.398 e. The zero-order chi connectivity index (χ0) is 14.0. The quantitative estimate of drug-likeness (QED) is 0.801. The van der Waals surface area contributed by atoms with E-state index in [4.69, 9.17) is 5.73 Å². The molecule has 0 radical (unpaired) electrons. The summed E-state index contributed by atoms with van der Waals surface area (Å²) >= 11 is 3.19. The van der Waals surface area contributed by atoms with Crippen molar-refractivity contribution in [3.63, 3.8) is 0 Å². The van der Waals surface area contributed by atoms with E-state index in [1.54, 1.807) is 6.07 Å². The maximum absolute atomic E-state index is 12.0. The highest BCUT2D eigenvalue weighted by molar-refractivity contribution is 9.10. The molecular formula is C10H14BrNO4S2. The second-order valence-electron chi connectivity index (χ2n) is 3.98. The summed E-state index contributed by atoms with van der Waals surface area (Å²) in [6, 6.07) is 4.50. The van der Waals surface area contributed by atoms with Crippen LogP contribution in [-0.4, -0.2) is 34.6 Å². The first-order valence-electron chi connectivity index (χ1n) is 5.07. The molecule has 0 saturated carbocycles. The minimum absolute atomic E-state index is 0.0409. The smallest absolute Gasteiger partial charge is 0.180 e. The first-order chi connectivity index (χ1) is 8.12. The van der Waals surface area contributed by atoms with Crippen molar-refractivity contribution in [2.24, 2.45) is 0 Å². The third-order valence-electron chi connectivity index (χ3n) is 2.24. The Morgan fingerprint density at radius 2 is 1.78 bits per heavy atom. The molecular weight excluding hydrogens is 342 g/mol. The number of benzene rings is 1. The maximum Gasteiger partial charge on any atom is 0.180 e. The first-order valence-corrected chi connectivity index (χ1v) is 9.58. The zero-order valence-electron chi connectivity index (χ0n) is 9.76. The van der Waals surface area contributed by atoms with Crippen LogP contribution in [0.3, 0.4) is 0 Å². The molecule has 102 valence electrons. The zero-order valence-corrected chi connectivity index (χ0v) is 13.0. The average molecular weight is 356 g/mol. The number of anilines is 1. The predicted molar refractivity (Wildman–Crippen MR) is 74.9 cm³/mol. The molecule has 1 aromatic rings. The van der Waals surface area contributed by atoms with E-state index >= 15 is 0 Å². The van der Waals surface area contributed by atoms with Gasteiger partial charge in [-0.1, -0.05) is 15.9 Å². The van der Waals surface area contributed by atoms with Gasteiger partial charge in [-0.05, 0) is 24.6 Å². The number of nitrogens with two attached hydrogens (primary N) is 1. The SMILES string of the molecule is CS(=O)(=O)CCCS(=O)(=O)c1ccc(Br)cc1N. The molecule has 0 heterocycles. The molecule has 0 bridgehead atoms. The second kappa shape index (κ2) is 5.58. The summed E-state index contributed by atoms with van der Waals surface area (Å²) < 4.78 is 46.5. The number of rotatable bonds is 5. The minimum atomic E-state index is -3.54. The van der Waals surface area contributed by atoms with E-state index in [1.165, 1.54) is 12.1 Å². The third-order valence-corrected chi connectivity index (χ3v) is 5.63. The van der Waals surface area contributed by atoms with E-state index in [0.29, 0.717) is 4.47 Å². The summed E-state index contributed by atoms with van der Waals surface area (Å²) in [7, 11) is -6.69. The Labute approximate surface area is 115 Å². The van der Waals surface area contributed by atoms with Gasteiger partial charge in [0.2, 0.25) is 0 Å². The highest BCUT2D eigenvalue weighted by atomic mass is 79.9. The summed E-state index contributed by atoms with van der Waals surface area (Å²) in [4.78, 5) is 0.0409. The van der Waals surface area contributed by atoms with Gasteiger partial charge in [0.25, 0.3) is 0 Å². The van der Waals surface area contributed by atoms with Gasteiger partial charge in [-0.3, -0.25) is 0 Å². The Morgan fingerprint density at radius 1 is 1.17 bits per heavy atom. The van der Waals surface area contributed by atoms with Crippen molar-refractivity contribution in [3.05, 3.63) is 22.7 Å². The number of hydrogen-bond donors (Lipinski definition) is 1. The lowest BCUT2D eigenvalue weighted by molar-refractivity contribution is 0.592. The minimum Gasteiger partial charge on any atom is -0.398 e. The van der Waals surface area contributed by atoms with Crippen molar-refractivity contribution in [3.8, 4) is 0 Å². The van der Waals surface area contributed by atoms with Crippen LogP contribution in [0.1, 0.15) is 6.42 Å². The highest BCUT2D eigenvalue weighted by Crippen LogP contribution is 2.24. The Hall–Kier alpha value is -0.600. The van der Waals surface area contributed by atoms with Crippen molar-refractivity contribution in [2.45, 2.75) is 11.3 Å². The van der Waals surface area contributed by atoms with Gasteiger partial charge in [0.1, 0.15) is 9.84 Å². The first kappa shape index (κ1) is 15.5. The highest BCUT2D eigenvalue weighted by Gasteiger charge is 2.18. The molecule has 0 amide bonds. The fraction of sp³-hybridized carbons (Fsp3) is 0.400. The molecule has 0 atom stereocenters. The molecule has 5 nitrogen and oxygen atoms in total. The van der Waals surface area contributed by atoms with Crippen molar-refractivity contribution in [1.82, 2.24) is 0 Å². The van der Waals surface area contributed by atoms with Crippen LogP contribution in [0.4, 0.5) is 5.69 Å². The van der Waals surface area contributed by atoms with Gasteiger partial charge in [0.05, 0.1) is 22.1 Å². The third kappa shape index (κ3) is 4.58. The molecule has 0 unspecified atom stereocenters. The average Bonchev–Trinajstić information content (AvgIpc) is 2.13. The van der Waals surface area contributed by atoms with E-state index < -0.39 is 19.7 Å². The van der Waals surface area contributed by atoms with Crippen molar-refractivity contribution >= 4 is 41.3 Å². The summed E-state index contributed by atoms with van der Waals surface area (Å²) in [6.07, 6.45) is 1.14. The molecule has 0 spiro atoms. The van der Waals surface area contributed by atoms with Gasteiger partial charge in [0.15, 0.2) is 9.84 Å². The maximum atomic E-state index is 12.0. The van der Waals surface area contributed by atoms with Crippen LogP contribution in [0.2, 0.25) is 0 Å². The Morgan fingerprint density at radius 3 is 2.28 bits per heavy atom. The Kier molecular flexibility index (Phi) is 4.79. The van der Waals surface area contributed by atoms with E-state index in [2.05, 4.69) is 15.9 Å². The molecule has 18 heavy (non-hydrogen) atoms. The lowest BCUT2D eigenvalue weighted by Crippen LogP contribution is -2.13. The molecule has 0 aliphatic rings. The molecule has 1 aromatic carbocycles. The number of sulfone groups is 2. The summed E-state index contributed by atoms with van der Waals surface area (Å²) in [5.41, 5.74) is 5.79. The standard InChI is InChI=1S/C10H14BrNO4S2/c1-17(13,14)5-2-6-18(15,16)10-4-3-8(11)7-9(10)12/h3-4,7H,2,5-6,12H2,1H3. The van der Waals surface area contributed by atoms with Crippen LogP contribution in [-0.2, 0) is 19.7 Å². The van der Waals surface area contributed by atoms with Gasteiger partial charge in [-0.2, -0.15) is 0 Å². The number of nitrogen functional groups attached to an aromatic ring is 1. The van der Waals surface area contributed by atoms with E-state index in [9.17, 15) is 16.8 Å². The van der Waals surface area contributed by atoms with Gasteiger partial charge in [-0.15, -0.1) is 0 Å². The topological polar surface area (TPSA) is 94.3 Å².